The van der Waals surface area contributed by atoms with Crippen LogP contribution in [0.5, 0.6) is 0 Å². The SMILES string of the molecule is C1=CC2Cc3ccc([nH]3)C=C3N=C(/C=c4/cc/c([nH]4)=C/C1=N2)c1cc2ccccc2cc13. The molecule has 2 aromatic heterocycles. The normalized spacial score (nSPS) is 20.6. The van der Waals surface area contributed by atoms with Crippen molar-refractivity contribution < 1.29 is 0 Å². The second kappa shape index (κ2) is 6.66. The number of rotatable bonds is 0. The maximum absolute atomic E-state index is 5.05. The van der Waals surface area contributed by atoms with Gasteiger partial charge in [0.25, 0.3) is 0 Å². The molecule has 0 saturated carbocycles. The summed E-state index contributed by atoms with van der Waals surface area (Å²) < 4.78 is 0. The van der Waals surface area contributed by atoms with E-state index in [0.717, 1.165) is 45.5 Å². The third-order valence-corrected chi connectivity index (χ3v) is 6.30. The third kappa shape index (κ3) is 2.92. The van der Waals surface area contributed by atoms with Gasteiger partial charge in [-0.15, -0.1) is 0 Å². The molecule has 4 heteroatoms. The molecule has 0 fully saturated rings. The average Bonchev–Trinajstić information content (AvgIpc) is 3.58. The monoisotopic (exact) mass is 412 g/mol. The highest BCUT2D eigenvalue weighted by Crippen LogP contribution is 2.34. The second-order valence-electron chi connectivity index (χ2n) is 8.55. The van der Waals surface area contributed by atoms with Crippen molar-refractivity contribution in [1.82, 2.24) is 9.97 Å². The highest BCUT2D eigenvalue weighted by Gasteiger charge is 2.20. The molecule has 0 radical (unpaired) electrons. The molecule has 3 aliphatic heterocycles. The lowest BCUT2D eigenvalue weighted by atomic mass is 9.98. The summed E-state index contributed by atoms with van der Waals surface area (Å²) in [5, 5.41) is 4.53. The molecule has 8 bridgehead atoms. The molecule has 4 nitrogen and oxygen atoms in total. The zero-order valence-corrected chi connectivity index (χ0v) is 17.3. The Hall–Kier alpha value is -4.18. The number of benzene rings is 2. The summed E-state index contributed by atoms with van der Waals surface area (Å²) >= 11 is 0. The number of hydrogen-bond donors (Lipinski definition) is 2. The van der Waals surface area contributed by atoms with Crippen molar-refractivity contribution >= 4 is 46.1 Å². The van der Waals surface area contributed by atoms with Gasteiger partial charge in [-0.1, -0.05) is 30.3 Å². The maximum Gasteiger partial charge on any atom is 0.0745 e. The van der Waals surface area contributed by atoms with Crippen molar-refractivity contribution in [2.75, 3.05) is 0 Å². The summed E-state index contributed by atoms with van der Waals surface area (Å²) in [7, 11) is 0. The van der Waals surface area contributed by atoms with Crippen molar-refractivity contribution in [3.8, 4) is 0 Å². The summed E-state index contributed by atoms with van der Waals surface area (Å²) in [6.45, 7) is 0. The Morgan fingerprint density at radius 3 is 2.47 bits per heavy atom. The van der Waals surface area contributed by atoms with Gasteiger partial charge in [0.1, 0.15) is 0 Å². The number of H-pyrrole nitrogens is 2. The minimum atomic E-state index is 0.164. The Morgan fingerprint density at radius 1 is 0.781 bits per heavy atom. The Labute approximate surface area is 184 Å². The van der Waals surface area contributed by atoms with E-state index in [4.69, 9.17) is 9.98 Å². The molecule has 5 heterocycles. The molecule has 7 rings (SSSR count). The Balaban J connectivity index is 1.48. The fourth-order valence-electron chi connectivity index (χ4n) is 4.76. The van der Waals surface area contributed by atoms with E-state index >= 15 is 0 Å². The van der Waals surface area contributed by atoms with Crippen LogP contribution in [0.4, 0.5) is 0 Å². The summed E-state index contributed by atoms with van der Waals surface area (Å²) in [5.41, 5.74) is 7.53. The lowest BCUT2D eigenvalue weighted by Crippen LogP contribution is -2.13. The predicted octanol–water partition coefficient (Wildman–Crippen LogP) is 3.99. The molecule has 1 atom stereocenters. The van der Waals surface area contributed by atoms with Gasteiger partial charge >= 0.3 is 0 Å². The van der Waals surface area contributed by atoms with Crippen LogP contribution in [-0.4, -0.2) is 27.4 Å². The minimum absolute atomic E-state index is 0.164. The van der Waals surface area contributed by atoms with E-state index in [1.165, 1.54) is 22.0 Å². The largest absolute Gasteiger partial charge is 0.359 e. The molecular weight excluding hydrogens is 392 g/mol. The quantitative estimate of drug-likeness (QED) is 0.439. The number of allylic oxidation sites excluding steroid dienone is 1. The average molecular weight is 412 g/mol. The smallest absolute Gasteiger partial charge is 0.0745 e. The van der Waals surface area contributed by atoms with Crippen LogP contribution in [0, 0.1) is 0 Å². The number of nitrogens with zero attached hydrogens (tertiary/aromatic N) is 2. The standard InChI is InChI=1S/C28H20N4/c1-2-4-18-12-26-25(11-17(18)3-1)27-15-23-9-7-21(30-23)13-19-5-6-20(29-19)14-22-8-10-24(31-22)16-28(26)32-27/h1-13,15-16,20,30-31H,14H2/b21-13-,23-15-,28-16?. The first-order valence-corrected chi connectivity index (χ1v) is 10.9. The van der Waals surface area contributed by atoms with Crippen molar-refractivity contribution in [3.63, 3.8) is 0 Å². The zero-order chi connectivity index (χ0) is 21.1. The summed E-state index contributed by atoms with van der Waals surface area (Å²) in [6, 6.07) is 21.6. The number of hydrogen-bond acceptors (Lipinski definition) is 2. The van der Waals surface area contributed by atoms with E-state index in [9.17, 15) is 0 Å². The van der Waals surface area contributed by atoms with Gasteiger partial charge < -0.3 is 9.97 Å². The molecule has 0 aliphatic carbocycles. The lowest BCUT2D eigenvalue weighted by molar-refractivity contribution is 0.807. The van der Waals surface area contributed by atoms with Crippen LogP contribution < -0.4 is 10.7 Å². The van der Waals surface area contributed by atoms with Crippen LogP contribution in [0.2, 0.25) is 0 Å². The number of fused-ring (bicyclic) bond motifs is 10. The summed E-state index contributed by atoms with van der Waals surface area (Å²) in [6.07, 6.45) is 11.5. The Kier molecular flexibility index (Phi) is 3.64. The van der Waals surface area contributed by atoms with E-state index in [1.807, 2.05) is 0 Å². The Bertz CT molecular complexity index is 1650. The van der Waals surface area contributed by atoms with E-state index in [1.54, 1.807) is 0 Å². The molecule has 32 heavy (non-hydrogen) atoms. The van der Waals surface area contributed by atoms with E-state index in [0.29, 0.717) is 0 Å². The van der Waals surface area contributed by atoms with Gasteiger partial charge in [0, 0.05) is 39.6 Å². The van der Waals surface area contributed by atoms with E-state index < -0.39 is 0 Å². The van der Waals surface area contributed by atoms with Gasteiger partial charge in [-0.2, -0.15) is 0 Å². The van der Waals surface area contributed by atoms with Gasteiger partial charge in [0.05, 0.1) is 23.2 Å². The van der Waals surface area contributed by atoms with Crippen molar-refractivity contribution in [3.05, 3.63) is 106 Å². The lowest BCUT2D eigenvalue weighted by Gasteiger charge is -2.05. The van der Waals surface area contributed by atoms with Gasteiger partial charge in [0.2, 0.25) is 0 Å². The minimum Gasteiger partial charge on any atom is -0.359 e. The molecule has 0 amide bonds. The van der Waals surface area contributed by atoms with Gasteiger partial charge in [0.15, 0.2) is 0 Å². The topological polar surface area (TPSA) is 56.3 Å². The molecule has 3 aliphatic rings. The van der Waals surface area contributed by atoms with Crippen LogP contribution >= 0.6 is 0 Å². The number of aromatic nitrogens is 2. The first-order chi connectivity index (χ1) is 15.8. The highest BCUT2D eigenvalue weighted by molar-refractivity contribution is 6.28. The molecule has 1 unspecified atom stereocenters. The summed E-state index contributed by atoms with van der Waals surface area (Å²) in [5.74, 6) is 0. The van der Waals surface area contributed by atoms with Gasteiger partial charge in [-0.25, -0.2) is 4.99 Å². The fraction of sp³-hybridized carbons (Fsp3) is 0.0714. The second-order valence-corrected chi connectivity index (χ2v) is 8.55. The summed E-state index contributed by atoms with van der Waals surface area (Å²) in [4.78, 5) is 17.0. The number of nitrogens with one attached hydrogen (secondary N) is 2. The van der Waals surface area contributed by atoms with Gasteiger partial charge in [-0.05, 0) is 71.5 Å². The Morgan fingerprint density at radius 2 is 1.59 bits per heavy atom. The molecule has 152 valence electrons. The molecule has 0 saturated heterocycles. The molecule has 4 aromatic rings. The maximum atomic E-state index is 5.05. The van der Waals surface area contributed by atoms with E-state index in [2.05, 4.69) is 101 Å². The third-order valence-electron chi connectivity index (χ3n) is 6.30. The van der Waals surface area contributed by atoms with E-state index in [-0.39, 0.29) is 6.04 Å². The van der Waals surface area contributed by atoms with Crippen LogP contribution in [0.1, 0.15) is 22.5 Å². The number of aliphatic imine (C=N–C) groups is 2. The number of aromatic amines is 2. The molecular formula is C28H20N4. The fourth-order valence-corrected chi connectivity index (χ4v) is 4.76. The molecule has 0 spiro atoms. The van der Waals surface area contributed by atoms with Crippen molar-refractivity contribution in [2.24, 2.45) is 9.98 Å². The predicted molar refractivity (Wildman–Crippen MR) is 132 cm³/mol. The van der Waals surface area contributed by atoms with Crippen LogP contribution in [0.15, 0.2) is 82.8 Å². The van der Waals surface area contributed by atoms with Crippen LogP contribution in [0.3, 0.4) is 0 Å². The van der Waals surface area contributed by atoms with Crippen molar-refractivity contribution in [2.45, 2.75) is 12.5 Å². The highest BCUT2D eigenvalue weighted by atomic mass is 14.8. The zero-order valence-electron chi connectivity index (χ0n) is 17.3. The van der Waals surface area contributed by atoms with Gasteiger partial charge in [-0.3, -0.25) is 4.99 Å². The van der Waals surface area contributed by atoms with Crippen molar-refractivity contribution in [1.29, 1.82) is 0 Å². The molecule has 2 N–H and O–H groups in total. The first-order valence-electron chi connectivity index (χ1n) is 10.9. The molecule has 2 aromatic carbocycles. The van der Waals surface area contributed by atoms with Crippen LogP contribution in [0.25, 0.3) is 34.7 Å². The van der Waals surface area contributed by atoms with Crippen LogP contribution in [-0.2, 0) is 6.42 Å². The first kappa shape index (κ1) is 17.5.